The van der Waals surface area contributed by atoms with Gasteiger partial charge >= 0.3 is 6.18 Å². The maximum atomic E-state index is 12.8. The van der Waals surface area contributed by atoms with Crippen molar-refractivity contribution >= 4 is 17.8 Å². The van der Waals surface area contributed by atoms with E-state index in [9.17, 15) is 18.0 Å². The molecule has 6 heteroatoms. The number of hydrogen-bond acceptors (Lipinski definition) is 2. The number of nitrogens with zero attached hydrogens (tertiary/aromatic N) is 2. The van der Waals surface area contributed by atoms with Gasteiger partial charge in [-0.05, 0) is 29.8 Å². The molecule has 2 rings (SSSR count). The van der Waals surface area contributed by atoms with E-state index in [4.69, 9.17) is 0 Å². The van der Waals surface area contributed by atoms with Gasteiger partial charge in [-0.15, -0.1) is 0 Å². The minimum absolute atomic E-state index is 0.0439. The van der Waals surface area contributed by atoms with E-state index in [1.54, 1.807) is 24.3 Å². The molecule has 0 unspecified atom stereocenters. The van der Waals surface area contributed by atoms with E-state index in [0.29, 0.717) is 4.90 Å². The van der Waals surface area contributed by atoms with E-state index in [1.807, 2.05) is 0 Å². The van der Waals surface area contributed by atoms with E-state index >= 15 is 0 Å². The summed E-state index contributed by atoms with van der Waals surface area (Å²) in [5.41, 5.74) is 0.928. The van der Waals surface area contributed by atoms with Gasteiger partial charge in [0.25, 0.3) is 5.91 Å². The van der Waals surface area contributed by atoms with Crippen molar-refractivity contribution < 1.29 is 18.0 Å². The van der Waals surface area contributed by atoms with Crippen molar-refractivity contribution in [3.05, 3.63) is 66.4 Å². The van der Waals surface area contributed by atoms with Gasteiger partial charge in [0.05, 0.1) is 0 Å². The fourth-order valence-corrected chi connectivity index (χ4v) is 1.87. The normalized spacial score (nSPS) is 11.0. The highest BCUT2D eigenvalue weighted by Crippen LogP contribution is 2.22. The van der Waals surface area contributed by atoms with E-state index in [1.165, 1.54) is 30.5 Å². The zero-order valence-corrected chi connectivity index (χ0v) is 11.5. The Labute approximate surface area is 125 Å². The molecule has 0 aliphatic heterocycles. The van der Waals surface area contributed by atoms with Crippen LogP contribution in [0.5, 0.6) is 0 Å². The minimum atomic E-state index is -4.52. The maximum Gasteiger partial charge on any atom is 0.406 e. The molecule has 1 heterocycles. The number of alkyl halides is 3. The van der Waals surface area contributed by atoms with Gasteiger partial charge in [0.2, 0.25) is 0 Å². The lowest BCUT2D eigenvalue weighted by Gasteiger charge is -2.23. The largest absolute Gasteiger partial charge is 0.406 e. The molecule has 22 heavy (non-hydrogen) atoms. The zero-order chi connectivity index (χ0) is 16.2. The summed E-state index contributed by atoms with van der Waals surface area (Å²) >= 11 is 0. The van der Waals surface area contributed by atoms with Crippen LogP contribution in [-0.2, 0) is 0 Å². The summed E-state index contributed by atoms with van der Waals surface area (Å²) in [6, 6.07) is 10.6. The second-order valence-electron chi connectivity index (χ2n) is 4.52. The second kappa shape index (κ2) is 6.43. The van der Waals surface area contributed by atoms with Crippen molar-refractivity contribution in [3.8, 4) is 0 Å². The molecule has 1 aromatic carbocycles. The van der Waals surface area contributed by atoms with Crippen molar-refractivity contribution in [2.45, 2.75) is 6.18 Å². The monoisotopic (exact) mass is 306 g/mol. The lowest BCUT2D eigenvalue weighted by atomic mass is 10.1. The van der Waals surface area contributed by atoms with Crippen molar-refractivity contribution in [1.82, 2.24) is 4.98 Å². The highest BCUT2D eigenvalue weighted by atomic mass is 19.4. The Morgan fingerprint density at radius 3 is 2.36 bits per heavy atom. The van der Waals surface area contributed by atoms with E-state index < -0.39 is 18.6 Å². The van der Waals surface area contributed by atoms with Crippen LogP contribution in [0, 0.1) is 0 Å². The first-order valence-electron chi connectivity index (χ1n) is 6.43. The van der Waals surface area contributed by atoms with Gasteiger partial charge in [-0.3, -0.25) is 9.69 Å². The van der Waals surface area contributed by atoms with Gasteiger partial charge in [0.15, 0.2) is 0 Å². The van der Waals surface area contributed by atoms with E-state index in [2.05, 4.69) is 11.6 Å². The summed E-state index contributed by atoms with van der Waals surface area (Å²) in [6.07, 6.45) is -1.60. The number of carbonyl (C=O) groups excluding carboxylic acids is 1. The van der Waals surface area contributed by atoms with Crippen LogP contribution in [0.3, 0.4) is 0 Å². The smallest absolute Gasteiger partial charge is 0.284 e. The number of carbonyl (C=O) groups is 1. The summed E-state index contributed by atoms with van der Waals surface area (Å²) < 4.78 is 38.3. The summed E-state index contributed by atoms with van der Waals surface area (Å²) in [6.45, 7) is 2.19. The molecule has 1 amide bonds. The number of amides is 1. The molecule has 0 fully saturated rings. The van der Waals surface area contributed by atoms with Gasteiger partial charge < -0.3 is 0 Å². The Hall–Kier alpha value is -2.63. The lowest BCUT2D eigenvalue weighted by Crippen LogP contribution is -2.39. The number of rotatable bonds is 4. The molecule has 0 atom stereocenters. The van der Waals surface area contributed by atoms with Crippen LogP contribution < -0.4 is 4.90 Å². The second-order valence-corrected chi connectivity index (χ2v) is 4.52. The Bertz CT molecular complexity index is 651. The topological polar surface area (TPSA) is 33.2 Å². The third-order valence-electron chi connectivity index (χ3n) is 2.90. The molecule has 0 radical (unpaired) electrons. The predicted molar refractivity (Wildman–Crippen MR) is 78.5 cm³/mol. The minimum Gasteiger partial charge on any atom is -0.284 e. The van der Waals surface area contributed by atoms with Crippen LogP contribution in [0.15, 0.2) is 55.2 Å². The molecule has 0 N–H and O–H groups in total. The first kappa shape index (κ1) is 15.8. The molecule has 2 aromatic rings. The van der Waals surface area contributed by atoms with Crippen molar-refractivity contribution in [1.29, 1.82) is 0 Å². The van der Waals surface area contributed by atoms with Gasteiger partial charge in [0, 0.05) is 11.8 Å². The lowest BCUT2D eigenvalue weighted by molar-refractivity contribution is -0.118. The summed E-state index contributed by atoms with van der Waals surface area (Å²) in [4.78, 5) is 16.8. The molecule has 0 aliphatic carbocycles. The third-order valence-corrected chi connectivity index (χ3v) is 2.90. The number of benzene rings is 1. The highest BCUT2D eigenvalue weighted by Gasteiger charge is 2.34. The van der Waals surface area contributed by atoms with E-state index in [-0.39, 0.29) is 11.4 Å². The van der Waals surface area contributed by atoms with Crippen molar-refractivity contribution in [2.24, 2.45) is 0 Å². The molecule has 0 spiro atoms. The van der Waals surface area contributed by atoms with Gasteiger partial charge in [-0.2, -0.15) is 13.2 Å². The standard InChI is InChI=1S/C16H13F3N2O/c1-2-12-6-8-13(9-7-12)15(22)21(11-16(17,18)19)14-5-3-4-10-20-14/h2-10H,1,11H2. The van der Waals surface area contributed by atoms with Crippen LogP contribution in [0.4, 0.5) is 19.0 Å². The number of halogens is 3. The van der Waals surface area contributed by atoms with E-state index in [0.717, 1.165) is 5.56 Å². The number of aromatic nitrogens is 1. The maximum absolute atomic E-state index is 12.8. The molecular weight excluding hydrogens is 293 g/mol. The zero-order valence-electron chi connectivity index (χ0n) is 11.5. The number of pyridine rings is 1. The number of anilines is 1. The predicted octanol–water partition coefficient (Wildman–Crippen LogP) is 3.93. The molecule has 1 aromatic heterocycles. The summed E-state index contributed by atoms with van der Waals surface area (Å²) in [5.74, 6) is -0.802. The van der Waals surface area contributed by atoms with Crippen LogP contribution >= 0.6 is 0 Å². The fraction of sp³-hybridized carbons (Fsp3) is 0.125. The molecule has 0 aliphatic rings. The first-order valence-corrected chi connectivity index (χ1v) is 6.43. The first-order chi connectivity index (χ1) is 10.4. The van der Waals surface area contributed by atoms with Gasteiger partial charge in [0.1, 0.15) is 12.4 Å². The Balaban J connectivity index is 2.35. The van der Waals surface area contributed by atoms with Crippen molar-refractivity contribution in [3.63, 3.8) is 0 Å². The van der Waals surface area contributed by atoms with Gasteiger partial charge in [-0.25, -0.2) is 4.98 Å². The SMILES string of the molecule is C=Cc1ccc(C(=O)N(CC(F)(F)F)c2ccccn2)cc1. The quantitative estimate of drug-likeness (QED) is 0.857. The molecule has 0 saturated heterocycles. The average Bonchev–Trinajstić information content (AvgIpc) is 2.52. The van der Waals surface area contributed by atoms with Crippen LogP contribution in [0.1, 0.15) is 15.9 Å². The Morgan fingerprint density at radius 1 is 1.18 bits per heavy atom. The number of hydrogen-bond donors (Lipinski definition) is 0. The van der Waals surface area contributed by atoms with Crippen LogP contribution in [0.2, 0.25) is 0 Å². The van der Waals surface area contributed by atoms with Crippen LogP contribution in [0.25, 0.3) is 6.08 Å². The third kappa shape index (κ3) is 3.94. The highest BCUT2D eigenvalue weighted by molar-refractivity contribution is 6.05. The van der Waals surface area contributed by atoms with Gasteiger partial charge in [-0.1, -0.05) is 30.9 Å². The molecule has 0 saturated carbocycles. The Morgan fingerprint density at radius 2 is 1.86 bits per heavy atom. The Kier molecular flexibility index (Phi) is 4.60. The van der Waals surface area contributed by atoms with Crippen LogP contribution in [-0.4, -0.2) is 23.6 Å². The molecular formula is C16H13F3N2O. The average molecular weight is 306 g/mol. The molecule has 0 bridgehead atoms. The van der Waals surface area contributed by atoms with Crippen molar-refractivity contribution in [2.75, 3.05) is 11.4 Å². The molecule has 114 valence electrons. The molecule has 3 nitrogen and oxygen atoms in total. The summed E-state index contributed by atoms with van der Waals surface area (Å²) in [5, 5.41) is 0. The summed E-state index contributed by atoms with van der Waals surface area (Å²) in [7, 11) is 0. The fourth-order valence-electron chi connectivity index (χ4n) is 1.87.